The van der Waals surface area contributed by atoms with Crippen molar-refractivity contribution in [3.8, 4) is 11.3 Å². The van der Waals surface area contributed by atoms with Gasteiger partial charge in [-0.1, -0.05) is 36.4 Å². The largest absolute Gasteiger partial charge is 0.465 e. The first kappa shape index (κ1) is 12.3. The summed E-state index contributed by atoms with van der Waals surface area (Å²) in [7, 11) is 0. The lowest BCUT2D eigenvalue weighted by Gasteiger charge is -2.00. The van der Waals surface area contributed by atoms with E-state index >= 15 is 0 Å². The molecule has 0 radical (unpaired) electrons. The maximum absolute atomic E-state index is 10.5. The molecule has 1 heterocycles. The molecule has 0 bridgehead atoms. The van der Waals surface area contributed by atoms with E-state index in [1.807, 2.05) is 54.6 Å². The van der Waals surface area contributed by atoms with Crippen molar-refractivity contribution in [3.63, 3.8) is 0 Å². The van der Waals surface area contributed by atoms with E-state index in [4.69, 9.17) is 9.52 Å². The zero-order chi connectivity index (χ0) is 13.9. The summed E-state index contributed by atoms with van der Waals surface area (Å²) in [5.41, 5.74) is 2.72. The molecule has 1 aromatic heterocycles. The van der Waals surface area contributed by atoms with Crippen LogP contribution in [0.15, 0.2) is 59.0 Å². The van der Waals surface area contributed by atoms with Gasteiger partial charge in [0.2, 0.25) is 0 Å². The Kier molecular flexibility index (Phi) is 3.13. The lowest BCUT2D eigenvalue weighted by Crippen LogP contribution is -2.19. The quantitative estimate of drug-likeness (QED) is 0.757. The van der Waals surface area contributed by atoms with Gasteiger partial charge in [0.05, 0.1) is 0 Å². The average Bonchev–Trinajstić information content (AvgIpc) is 2.89. The second-order valence-electron chi connectivity index (χ2n) is 4.51. The van der Waals surface area contributed by atoms with E-state index in [-0.39, 0.29) is 6.54 Å². The van der Waals surface area contributed by atoms with Crippen molar-refractivity contribution in [1.82, 2.24) is 5.32 Å². The van der Waals surface area contributed by atoms with Gasteiger partial charge < -0.3 is 14.8 Å². The highest BCUT2D eigenvalue weighted by Gasteiger charge is 2.06. The third-order valence-electron chi connectivity index (χ3n) is 3.08. The SMILES string of the molecule is O=C(O)NCc1ccc2oc(-c3ccccc3)cc2c1. The molecule has 0 aliphatic rings. The molecule has 20 heavy (non-hydrogen) atoms. The highest BCUT2D eigenvalue weighted by molar-refractivity contribution is 5.83. The fraction of sp³-hybridized carbons (Fsp3) is 0.0625. The van der Waals surface area contributed by atoms with Crippen LogP contribution in [0.2, 0.25) is 0 Å². The van der Waals surface area contributed by atoms with Gasteiger partial charge in [0.25, 0.3) is 0 Å². The fourth-order valence-corrected chi connectivity index (χ4v) is 2.13. The molecule has 100 valence electrons. The van der Waals surface area contributed by atoms with E-state index in [0.717, 1.165) is 27.9 Å². The van der Waals surface area contributed by atoms with E-state index in [1.54, 1.807) is 0 Å². The van der Waals surface area contributed by atoms with Gasteiger partial charge in [0.1, 0.15) is 11.3 Å². The number of furan rings is 1. The van der Waals surface area contributed by atoms with E-state index in [9.17, 15) is 4.79 Å². The van der Waals surface area contributed by atoms with Crippen LogP contribution in [0.25, 0.3) is 22.3 Å². The number of rotatable bonds is 3. The van der Waals surface area contributed by atoms with Crippen LogP contribution >= 0.6 is 0 Å². The fourth-order valence-electron chi connectivity index (χ4n) is 2.13. The Morgan fingerprint density at radius 3 is 2.65 bits per heavy atom. The van der Waals surface area contributed by atoms with Crippen LogP contribution in [0.3, 0.4) is 0 Å². The Morgan fingerprint density at radius 2 is 1.90 bits per heavy atom. The summed E-state index contributed by atoms with van der Waals surface area (Å²) < 4.78 is 5.80. The number of nitrogens with one attached hydrogen (secondary N) is 1. The lowest BCUT2D eigenvalue weighted by atomic mass is 10.1. The molecule has 0 atom stereocenters. The lowest BCUT2D eigenvalue weighted by molar-refractivity contribution is 0.194. The van der Waals surface area contributed by atoms with Crippen LogP contribution in [-0.4, -0.2) is 11.2 Å². The van der Waals surface area contributed by atoms with Gasteiger partial charge >= 0.3 is 6.09 Å². The molecule has 2 aromatic carbocycles. The maximum Gasteiger partial charge on any atom is 0.404 e. The molecule has 0 fully saturated rings. The van der Waals surface area contributed by atoms with Gasteiger partial charge in [-0.25, -0.2) is 4.79 Å². The minimum absolute atomic E-state index is 0.289. The molecule has 0 spiro atoms. The molecular weight excluding hydrogens is 254 g/mol. The number of hydrogen-bond acceptors (Lipinski definition) is 2. The third-order valence-corrected chi connectivity index (χ3v) is 3.08. The van der Waals surface area contributed by atoms with Crippen molar-refractivity contribution >= 4 is 17.1 Å². The van der Waals surface area contributed by atoms with Crippen LogP contribution in [0.4, 0.5) is 4.79 Å². The summed E-state index contributed by atoms with van der Waals surface area (Å²) in [6.45, 7) is 0.289. The molecular formula is C16H13NO3. The van der Waals surface area contributed by atoms with E-state index in [1.165, 1.54) is 0 Å². The molecule has 2 N–H and O–H groups in total. The minimum Gasteiger partial charge on any atom is -0.465 e. The normalized spacial score (nSPS) is 10.6. The van der Waals surface area contributed by atoms with Gasteiger partial charge in [0.15, 0.2) is 0 Å². The van der Waals surface area contributed by atoms with Crippen molar-refractivity contribution < 1.29 is 14.3 Å². The van der Waals surface area contributed by atoms with Crippen molar-refractivity contribution in [2.45, 2.75) is 6.54 Å². The van der Waals surface area contributed by atoms with Crippen LogP contribution < -0.4 is 5.32 Å². The Labute approximate surface area is 115 Å². The van der Waals surface area contributed by atoms with Crippen LogP contribution in [0.1, 0.15) is 5.56 Å². The Balaban J connectivity index is 1.93. The summed E-state index contributed by atoms with van der Waals surface area (Å²) in [6.07, 6.45) is -1.03. The second kappa shape index (κ2) is 5.09. The maximum atomic E-state index is 10.5. The molecule has 3 rings (SSSR count). The predicted molar refractivity (Wildman–Crippen MR) is 76.5 cm³/mol. The smallest absolute Gasteiger partial charge is 0.404 e. The van der Waals surface area contributed by atoms with Gasteiger partial charge in [-0.2, -0.15) is 0 Å². The summed E-state index contributed by atoms with van der Waals surface area (Å²) >= 11 is 0. The zero-order valence-corrected chi connectivity index (χ0v) is 10.7. The Bertz CT molecular complexity index is 747. The van der Waals surface area contributed by atoms with Crippen LogP contribution in [-0.2, 0) is 6.54 Å². The molecule has 0 saturated carbocycles. The van der Waals surface area contributed by atoms with Gasteiger partial charge in [-0.3, -0.25) is 0 Å². The van der Waals surface area contributed by atoms with Crippen molar-refractivity contribution in [2.24, 2.45) is 0 Å². The number of benzene rings is 2. The van der Waals surface area contributed by atoms with Crippen molar-refractivity contribution in [1.29, 1.82) is 0 Å². The standard InChI is InChI=1S/C16H13NO3/c18-16(19)17-10-11-6-7-14-13(8-11)9-15(20-14)12-4-2-1-3-5-12/h1-9,17H,10H2,(H,18,19). The third kappa shape index (κ3) is 2.49. The number of amides is 1. The molecule has 0 unspecified atom stereocenters. The Hall–Kier alpha value is -2.75. The van der Waals surface area contributed by atoms with Crippen molar-refractivity contribution in [2.75, 3.05) is 0 Å². The topological polar surface area (TPSA) is 62.5 Å². The first-order valence-electron chi connectivity index (χ1n) is 6.27. The number of fused-ring (bicyclic) bond motifs is 1. The first-order valence-corrected chi connectivity index (χ1v) is 6.27. The second-order valence-corrected chi connectivity index (χ2v) is 4.51. The Morgan fingerprint density at radius 1 is 1.10 bits per heavy atom. The summed E-state index contributed by atoms with van der Waals surface area (Å²) in [5, 5.41) is 11.9. The molecule has 4 nitrogen and oxygen atoms in total. The highest BCUT2D eigenvalue weighted by Crippen LogP contribution is 2.28. The molecule has 1 amide bonds. The number of carboxylic acid groups (broad SMARTS) is 1. The minimum atomic E-state index is -1.03. The van der Waals surface area contributed by atoms with Gasteiger partial charge in [0, 0.05) is 17.5 Å². The predicted octanol–water partition coefficient (Wildman–Crippen LogP) is 3.87. The molecule has 0 aliphatic carbocycles. The molecule has 0 aliphatic heterocycles. The number of hydrogen-bond donors (Lipinski definition) is 2. The van der Waals surface area contributed by atoms with Crippen LogP contribution in [0.5, 0.6) is 0 Å². The summed E-state index contributed by atoms with van der Waals surface area (Å²) in [4.78, 5) is 10.5. The zero-order valence-electron chi connectivity index (χ0n) is 10.7. The van der Waals surface area contributed by atoms with Gasteiger partial charge in [-0.05, 0) is 23.8 Å². The molecule has 3 aromatic rings. The number of carbonyl (C=O) groups is 1. The average molecular weight is 267 g/mol. The van der Waals surface area contributed by atoms with E-state index in [0.29, 0.717) is 0 Å². The van der Waals surface area contributed by atoms with Crippen molar-refractivity contribution in [3.05, 3.63) is 60.2 Å². The first-order chi connectivity index (χ1) is 9.72. The molecule has 0 saturated heterocycles. The van der Waals surface area contributed by atoms with E-state index < -0.39 is 6.09 Å². The van der Waals surface area contributed by atoms with E-state index in [2.05, 4.69) is 5.32 Å². The highest BCUT2D eigenvalue weighted by atomic mass is 16.4. The van der Waals surface area contributed by atoms with Gasteiger partial charge in [-0.15, -0.1) is 0 Å². The van der Waals surface area contributed by atoms with Crippen LogP contribution in [0, 0.1) is 0 Å². The molecule has 4 heteroatoms. The monoisotopic (exact) mass is 267 g/mol. The summed E-state index contributed by atoms with van der Waals surface area (Å²) in [5.74, 6) is 0.809. The summed E-state index contributed by atoms with van der Waals surface area (Å²) in [6, 6.07) is 17.5.